The SMILES string of the molecule is Cc1cccc(N(Cc2ccc(C(=O)NCC3(c4ccccc4)CCOCC3)cc2)S(C)(=O)=O)c1. The van der Waals surface area contributed by atoms with Gasteiger partial charge in [-0.05, 0) is 60.7 Å². The molecule has 1 aliphatic rings. The fraction of sp³-hybridized carbons (Fsp3) is 0.321. The maximum Gasteiger partial charge on any atom is 0.251 e. The number of carbonyl (C=O) groups is 1. The summed E-state index contributed by atoms with van der Waals surface area (Å²) >= 11 is 0. The highest BCUT2D eigenvalue weighted by Crippen LogP contribution is 2.34. The molecule has 184 valence electrons. The highest BCUT2D eigenvalue weighted by atomic mass is 32.2. The van der Waals surface area contributed by atoms with E-state index in [0.717, 1.165) is 24.0 Å². The summed E-state index contributed by atoms with van der Waals surface area (Å²) in [5.74, 6) is -0.142. The van der Waals surface area contributed by atoms with Crippen LogP contribution in [0.15, 0.2) is 78.9 Å². The molecule has 0 spiro atoms. The van der Waals surface area contributed by atoms with E-state index in [4.69, 9.17) is 4.74 Å². The van der Waals surface area contributed by atoms with Gasteiger partial charge < -0.3 is 10.1 Å². The predicted molar refractivity (Wildman–Crippen MR) is 139 cm³/mol. The van der Waals surface area contributed by atoms with E-state index in [1.54, 1.807) is 18.2 Å². The van der Waals surface area contributed by atoms with Crippen LogP contribution in [0, 0.1) is 6.92 Å². The lowest BCUT2D eigenvalue weighted by Gasteiger charge is -2.38. The summed E-state index contributed by atoms with van der Waals surface area (Å²) in [5, 5.41) is 3.12. The van der Waals surface area contributed by atoms with Gasteiger partial charge >= 0.3 is 0 Å². The topological polar surface area (TPSA) is 75.7 Å². The van der Waals surface area contributed by atoms with Crippen molar-refractivity contribution in [2.45, 2.75) is 31.7 Å². The standard InChI is InChI=1S/C28H32N2O4S/c1-22-7-6-10-26(19-22)30(35(2,32)33)20-23-11-13-24(14-12-23)27(31)29-21-28(15-17-34-18-16-28)25-8-4-3-5-9-25/h3-14,19H,15-18,20-21H2,1-2H3,(H,29,31). The lowest BCUT2D eigenvalue weighted by Crippen LogP contribution is -2.44. The Morgan fingerprint density at radius 3 is 2.29 bits per heavy atom. The number of ether oxygens (including phenoxy) is 1. The summed E-state index contributed by atoms with van der Waals surface area (Å²) in [4.78, 5) is 13.0. The Labute approximate surface area is 208 Å². The summed E-state index contributed by atoms with van der Waals surface area (Å²) in [7, 11) is -3.47. The van der Waals surface area contributed by atoms with Gasteiger partial charge in [0.1, 0.15) is 0 Å². The molecule has 3 aromatic rings. The van der Waals surface area contributed by atoms with Crippen LogP contribution in [0.5, 0.6) is 0 Å². The second-order valence-electron chi connectivity index (χ2n) is 9.25. The highest BCUT2D eigenvalue weighted by molar-refractivity contribution is 7.92. The number of carbonyl (C=O) groups excluding carboxylic acids is 1. The fourth-order valence-electron chi connectivity index (χ4n) is 4.58. The van der Waals surface area contributed by atoms with E-state index < -0.39 is 10.0 Å². The van der Waals surface area contributed by atoms with Crippen LogP contribution in [0.1, 0.15) is 39.9 Å². The first-order valence-corrected chi connectivity index (χ1v) is 13.7. The van der Waals surface area contributed by atoms with Crippen molar-refractivity contribution in [1.82, 2.24) is 5.32 Å². The number of amides is 1. The molecule has 0 aliphatic carbocycles. The molecule has 0 aromatic heterocycles. The van der Waals surface area contributed by atoms with Crippen LogP contribution in [0.4, 0.5) is 5.69 Å². The number of hydrogen-bond donors (Lipinski definition) is 1. The highest BCUT2D eigenvalue weighted by Gasteiger charge is 2.34. The first kappa shape index (κ1) is 24.9. The largest absolute Gasteiger partial charge is 0.381 e. The minimum absolute atomic E-state index is 0.140. The molecule has 1 fully saturated rings. The number of nitrogens with zero attached hydrogens (tertiary/aromatic N) is 1. The van der Waals surface area contributed by atoms with Crippen LogP contribution in [0.2, 0.25) is 0 Å². The second-order valence-corrected chi connectivity index (χ2v) is 11.2. The van der Waals surface area contributed by atoms with Gasteiger partial charge in [0.2, 0.25) is 10.0 Å². The molecule has 1 heterocycles. The first-order chi connectivity index (χ1) is 16.8. The number of nitrogens with one attached hydrogen (secondary N) is 1. The van der Waals surface area contributed by atoms with Gasteiger partial charge in [-0.3, -0.25) is 9.10 Å². The van der Waals surface area contributed by atoms with Gasteiger partial charge in [0.05, 0.1) is 18.5 Å². The maximum absolute atomic E-state index is 13.0. The van der Waals surface area contributed by atoms with Gasteiger partial charge in [-0.1, -0.05) is 54.6 Å². The van der Waals surface area contributed by atoms with E-state index in [-0.39, 0.29) is 17.9 Å². The van der Waals surface area contributed by atoms with Crippen LogP contribution in [-0.2, 0) is 26.7 Å². The molecule has 3 aromatic carbocycles. The molecule has 0 atom stereocenters. The first-order valence-electron chi connectivity index (χ1n) is 11.8. The zero-order valence-electron chi connectivity index (χ0n) is 20.2. The van der Waals surface area contributed by atoms with Crippen molar-refractivity contribution >= 4 is 21.6 Å². The molecule has 1 amide bonds. The summed E-state index contributed by atoms with van der Waals surface area (Å²) in [6.07, 6.45) is 2.92. The minimum Gasteiger partial charge on any atom is -0.381 e. The molecular formula is C28H32N2O4S. The Balaban J connectivity index is 1.45. The van der Waals surface area contributed by atoms with Gasteiger partial charge in [-0.15, -0.1) is 0 Å². The molecule has 1 N–H and O–H groups in total. The van der Waals surface area contributed by atoms with Crippen molar-refractivity contribution in [3.8, 4) is 0 Å². The predicted octanol–water partition coefficient (Wildman–Crippen LogP) is 4.44. The van der Waals surface area contributed by atoms with Crippen molar-refractivity contribution in [1.29, 1.82) is 0 Å². The van der Waals surface area contributed by atoms with Crippen molar-refractivity contribution in [3.63, 3.8) is 0 Å². The Morgan fingerprint density at radius 2 is 1.66 bits per heavy atom. The van der Waals surface area contributed by atoms with Crippen molar-refractivity contribution in [3.05, 3.63) is 101 Å². The molecule has 0 radical (unpaired) electrons. The lowest BCUT2D eigenvalue weighted by atomic mass is 9.74. The van der Waals surface area contributed by atoms with E-state index >= 15 is 0 Å². The Kier molecular flexibility index (Phi) is 7.57. The third kappa shape index (κ3) is 6.10. The van der Waals surface area contributed by atoms with E-state index in [9.17, 15) is 13.2 Å². The molecule has 35 heavy (non-hydrogen) atoms. The molecule has 0 bridgehead atoms. The fourth-order valence-corrected chi connectivity index (χ4v) is 5.46. The molecule has 0 saturated carbocycles. The third-order valence-corrected chi connectivity index (χ3v) is 7.80. The number of rotatable bonds is 8. The quantitative estimate of drug-likeness (QED) is 0.505. The molecular weight excluding hydrogens is 460 g/mol. The summed E-state index contributed by atoms with van der Waals surface area (Å²) < 4.78 is 31.9. The van der Waals surface area contributed by atoms with Crippen LogP contribution < -0.4 is 9.62 Å². The average Bonchev–Trinajstić information content (AvgIpc) is 2.86. The molecule has 1 saturated heterocycles. The van der Waals surface area contributed by atoms with E-state index in [1.165, 1.54) is 16.1 Å². The van der Waals surface area contributed by atoms with Gasteiger partial charge in [-0.25, -0.2) is 8.42 Å². The van der Waals surface area contributed by atoms with Crippen LogP contribution >= 0.6 is 0 Å². The molecule has 1 aliphatic heterocycles. The zero-order chi connectivity index (χ0) is 24.9. The summed E-state index contributed by atoms with van der Waals surface area (Å²) in [5.41, 5.74) is 4.04. The number of hydrogen-bond acceptors (Lipinski definition) is 4. The Bertz CT molecular complexity index is 1250. The van der Waals surface area contributed by atoms with E-state index in [2.05, 4.69) is 17.4 Å². The van der Waals surface area contributed by atoms with Gasteiger partial charge in [0, 0.05) is 30.7 Å². The zero-order valence-corrected chi connectivity index (χ0v) is 21.1. The Hall–Kier alpha value is -3.16. The Morgan fingerprint density at radius 1 is 0.971 bits per heavy atom. The summed E-state index contributed by atoms with van der Waals surface area (Å²) in [6, 6.07) is 24.8. The number of sulfonamides is 1. The number of benzene rings is 3. The molecule has 6 nitrogen and oxygen atoms in total. The third-order valence-electron chi connectivity index (χ3n) is 6.66. The molecule has 7 heteroatoms. The monoisotopic (exact) mass is 492 g/mol. The van der Waals surface area contributed by atoms with Gasteiger partial charge in [0.25, 0.3) is 5.91 Å². The van der Waals surface area contributed by atoms with Crippen LogP contribution in [0.3, 0.4) is 0 Å². The average molecular weight is 493 g/mol. The smallest absolute Gasteiger partial charge is 0.251 e. The maximum atomic E-state index is 13.0. The van der Waals surface area contributed by atoms with Crippen LogP contribution in [0.25, 0.3) is 0 Å². The molecule has 0 unspecified atom stereocenters. The summed E-state index contributed by atoms with van der Waals surface area (Å²) in [6.45, 7) is 4.02. The van der Waals surface area contributed by atoms with Crippen molar-refractivity contribution in [2.24, 2.45) is 0 Å². The minimum atomic E-state index is -3.47. The van der Waals surface area contributed by atoms with E-state index in [1.807, 2.05) is 55.5 Å². The van der Waals surface area contributed by atoms with Gasteiger partial charge in [-0.2, -0.15) is 0 Å². The molecule has 4 rings (SSSR count). The normalized spacial score (nSPS) is 15.4. The lowest BCUT2D eigenvalue weighted by molar-refractivity contribution is 0.0487. The van der Waals surface area contributed by atoms with Crippen LogP contribution in [-0.4, -0.2) is 40.3 Å². The second kappa shape index (κ2) is 10.6. The van der Waals surface area contributed by atoms with Gasteiger partial charge in [0.15, 0.2) is 0 Å². The number of aryl methyl sites for hydroxylation is 1. The van der Waals surface area contributed by atoms with E-state index in [0.29, 0.717) is 31.0 Å². The number of anilines is 1. The van der Waals surface area contributed by atoms with Crippen molar-refractivity contribution in [2.75, 3.05) is 30.3 Å². The van der Waals surface area contributed by atoms with Crippen molar-refractivity contribution < 1.29 is 17.9 Å².